The first-order valence-electron chi connectivity index (χ1n) is 7.30. The van der Waals surface area contributed by atoms with Crippen LogP contribution >= 0.6 is 11.8 Å². The van der Waals surface area contributed by atoms with Crippen molar-refractivity contribution < 1.29 is 9.15 Å². The first-order valence-corrected chi connectivity index (χ1v) is 8.29. The van der Waals surface area contributed by atoms with Gasteiger partial charge in [-0.1, -0.05) is 42.1 Å². The number of aromatic nitrogens is 1. The van der Waals surface area contributed by atoms with E-state index in [1.165, 1.54) is 5.56 Å². The van der Waals surface area contributed by atoms with Crippen LogP contribution in [0.4, 0.5) is 0 Å². The van der Waals surface area contributed by atoms with E-state index in [9.17, 15) is 0 Å². The summed E-state index contributed by atoms with van der Waals surface area (Å²) in [4.78, 5) is 6.61. The Kier molecular flexibility index (Phi) is 5.32. The molecule has 5 heteroatoms. The summed E-state index contributed by atoms with van der Waals surface area (Å²) < 4.78 is 11.2. The van der Waals surface area contributed by atoms with E-state index in [0.717, 1.165) is 43.6 Å². The SMILES string of the molecule is c1ccc(CN2CCCO[C@H](CSc3ncco3)C2)cc1. The van der Waals surface area contributed by atoms with Gasteiger partial charge in [0.05, 0.1) is 12.3 Å². The number of hydrogen-bond donors (Lipinski definition) is 0. The predicted molar refractivity (Wildman–Crippen MR) is 83.3 cm³/mol. The quantitative estimate of drug-likeness (QED) is 0.794. The van der Waals surface area contributed by atoms with Crippen LogP contribution in [0.25, 0.3) is 0 Å². The third-order valence-corrected chi connectivity index (χ3v) is 4.47. The van der Waals surface area contributed by atoms with Crippen molar-refractivity contribution in [3.8, 4) is 0 Å². The Bertz CT molecular complexity index is 518. The molecule has 2 aromatic rings. The van der Waals surface area contributed by atoms with E-state index in [-0.39, 0.29) is 6.10 Å². The van der Waals surface area contributed by atoms with Crippen molar-refractivity contribution in [2.45, 2.75) is 24.3 Å². The minimum absolute atomic E-state index is 0.230. The fourth-order valence-corrected chi connectivity index (χ4v) is 3.29. The van der Waals surface area contributed by atoms with E-state index >= 15 is 0 Å². The number of nitrogens with zero attached hydrogens (tertiary/aromatic N) is 2. The van der Waals surface area contributed by atoms with Crippen molar-refractivity contribution in [1.82, 2.24) is 9.88 Å². The van der Waals surface area contributed by atoms with Crippen LogP contribution in [0.2, 0.25) is 0 Å². The van der Waals surface area contributed by atoms with E-state index in [0.29, 0.717) is 0 Å². The molecule has 2 heterocycles. The zero-order valence-corrected chi connectivity index (χ0v) is 12.8. The van der Waals surface area contributed by atoms with E-state index in [2.05, 4.69) is 40.2 Å². The van der Waals surface area contributed by atoms with Crippen molar-refractivity contribution >= 4 is 11.8 Å². The molecule has 21 heavy (non-hydrogen) atoms. The molecule has 0 unspecified atom stereocenters. The maximum atomic E-state index is 5.94. The summed E-state index contributed by atoms with van der Waals surface area (Å²) in [6.07, 6.45) is 4.61. The van der Waals surface area contributed by atoms with Gasteiger partial charge in [0.1, 0.15) is 6.26 Å². The third-order valence-electron chi connectivity index (χ3n) is 3.49. The Morgan fingerprint density at radius 1 is 1.29 bits per heavy atom. The highest BCUT2D eigenvalue weighted by molar-refractivity contribution is 7.99. The molecule has 0 amide bonds. The molecular weight excluding hydrogens is 284 g/mol. The first kappa shape index (κ1) is 14.6. The Hall–Kier alpha value is -1.30. The van der Waals surface area contributed by atoms with Crippen molar-refractivity contribution in [1.29, 1.82) is 0 Å². The van der Waals surface area contributed by atoms with Gasteiger partial charge < -0.3 is 9.15 Å². The second-order valence-corrected chi connectivity index (χ2v) is 6.15. The summed E-state index contributed by atoms with van der Waals surface area (Å²) in [5.41, 5.74) is 1.36. The molecule has 1 aliphatic rings. The second kappa shape index (κ2) is 7.64. The van der Waals surface area contributed by atoms with Gasteiger partial charge in [-0.05, 0) is 12.0 Å². The predicted octanol–water partition coefficient (Wildman–Crippen LogP) is 3.06. The van der Waals surface area contributed by atoms with Gasteiger partial charge in [-0.25, -0.2) is 4.98 Å². The van der Waals surface area contributed by atoms with E-state index in [1.807, 2.05) is 0 Å². The highest BCUT2D eigenvalue weighted by Crippen LogP contribution is 2.19. The van der Waals surface area contributed by atoms with Crippen LogP contribution in [0.5, 0.6) is 0 Å². The van der Waals surface area contributed by atoms with Crippen LogP contribution < -0.4 is 0 Å². The lowest BCUT2D eigenvalue weighted by Crippen LogP contribution is -2.32. The normalized spacial score (nSPS) is 20.3. The molecule has 1 aliphatic heterocycles. The lowest BCUT2D eigenvalue weighted by molar-refractivity contribution is 0.0699. The number of benzene rings is 1. The largest absolute Gasteiger partial charge is 0.440 e. The monoisotopic (exact) mass is 304 g/mol. The van der Waals surface area contributed by atoms with Gasteiger partial charge in [-0.15, -0.1) is 0 Å². The fourth-order valence-electron chi connectivity index (χ4n) is 2.50. The molecular formula is C16H20N2O2S. The summed E-state index contributed by atoms with van der Waals surface area (Å²) >= 11 is 1.62. The van der Waals surface area contributed by atoms with Crippen LogP contribution in [0.15, 0.2) is 52.4 Å². The van der Waals surface area contributed by atoms with Crippen LogP contribution in [0, 0.1) is 0 Å². The van der Waals surface area contributed by atoms with Crippen LogP contribution in [-0.4, -0.2) is 41.4 Å². The van der Waals surface area contributed by atoms with Crippen LogP contribution in [0.3, 0.4) is 0 Å². The van der Waals surface area contributed by atoms with E-state index < -0.39 is 0 Å². The Balaban J connectivity index is 1.53. The summed E-state index contributed by atoms with van der Waals surface area (Å²) in [6.45, 7) is 3.88. The average Bonchev–Trinajstić information content (AvgIpc) is 2.93. The molecule has 1 aromatic heterocycles. The molecule has 0 aliphatic carbocycles. The molecule has 1 atom stereocenters. The highest BCUT2D eigenvalue weighted by Gasteiger charge is 2.19. The molecule has 0 saturated carbocycles. The third kappa shape index (κ3) is 4.59. The smallest absolute Gasteiger partial charge is 0.255 e. The number of thioether (sulfide) groups is 1. The summed E-state index contributed by atoms with van der Waals surface area (Å²) in [7, 11) is 0. The number of ether oxygens (including phenoxy) is 1. The molecule has 1 saturated heterocycles. The molecule has 1 fully saturated rings. The van der Waals surface area contributed by atoms with Gasteiger partial charge in [-0.3, -0.25) is 4.90 Å². The zero-order valence-electron chi connectivity index (χ0n) is 12.0. The number of rotatable bonds is 5. The minimum atomic E-state index is 0.230. The highest BCUT2D eigenvalue weighted by atomic mass is 32.2. The molecule has 112 valence electrons. The maximum Gasteiger partial charge on any atom is 0.255 e. The van der Waals surface area contributed by atoms with Crippen molar-refractivity contribution in [3.63, 3.8) is 0 Å². The zero-order chi connectivity index (χ0) is 14.3. The van der Waals surface area contributed by atoms with Crippen molar-refractivity contribution in [2.75, 3.05) is 25.4 Å². The second-order valence-electron chi connectivity index (χ2n) is 5.18. The van der Waals surface area contributed by atoms with Gasteiger partial charge in [-0.2, -0.15) is 0 Å². The molecule has 3 rings (SSSR count). The first-order chi connectivity index (χ1) is 10.4. The molecule has 0 radical (unpaired) electrons. The lowest BCUT2D eigenvalue weighted by atomic mass is 10.2. The number of hydrogen-bond acceptors (Lipinski definition) is 5. The summed E-state index contributed by atoms with van der Waals surface area (Å²) in [5, 5.41) is 0.720. The fraction of sp³-hybridized carbons (Fsp3) is 0.438. The van der Waals surface area contributed by atoms with Crippen molar-refractivity contribution in [3.05, 3.63) is 48.4 Å². The topological polar surface area (TPSA) is 38.5 Å². The van der Waals surface area contributed by atoms with Gasteiger partial charge in [0.2, 0.25) is 0 Å². The Labute approximate surface area is 129 Å². The van der Waals surface area contributed by atoms with Crippen LogP contribution in [-0.2, 0) is 11.3 Å². The number of oxazole rings is 1. The molecule has 4 nitrogen and oxygen atoms in total. The van der Waals surface area contributed by atoms with Gasteiger partial charge in [0.25, 0.3) is 5.22 Å². The Morgan fingerprint density at radius 3 is 3.00 bits per heavy atom. The molecule has 0 N–H and O–H groups in total. The average molecular weight is 304 g/mol. The molecule has 0 bridgehead atoms. The van der Waals surface area contributed by atoms with E-state index in [4.69, 9.17) is 9.15 Å². The summed E-state index contributed by atoms with van der Waals surface area (Å²) in [5.74, 6) is 0.881. The lowest BCUT2D eigenvalue weighted by Gasteiger charge is -2.23. The maximum absolute atomic E-state index is 5.94. The van der Waals surface area contributed by atoms with Gasteiger partial charge >= 0.3 is 0 Å². The standard InChI is InChI=1S/C16H20N2O2S/c1-2-5-14(6-3-1)11-18-8-4-9-19-15(12-18)13-21-16-17-7-10-20-16/h1-3,5-7,10,15H,4,8-9,11-13H2/t15-/m0/s1. The minimum Gasteiger partial charge on any atom is -0.440 e. The van der Waals surface area contributed by atoms with Gasteiger partial charge in [0.15, 0.2) is 0 Å². The Morgan fingerprint density at radius 2 is 2.19 bits per heavy atom. The van der Waals surface area contributed by atoms with Crippen LogP contribution in [0.1, 0.15) is 12.0 Å². The molecule has 1 aromatic carbocycles. The molecule has 0 spiro atoms. The van der Waals surface area contributed by atoms with Crippen molar-refractivity contribution in [2.24, 2.45) is 0 Å². The van der Waals surface area contributed by atoms with E-state index in [1.54, 1.807) is 24.2 Å². The van der Waals surface area contributed by atoms with Gasteiger partial charge in [0, 0.05) is 32.0 Å². The summed E-state index contributed by atoms with van der Waals surface area (Å²) in [6, 6.07) is 10.6.